The van der Waals surface area contributed by atoms with Gasteiger partial charge in [0, 0.05) is 18.1 Å². The van der Waals surface area contributed by atoms with E-state index >= 15 is 0 Å². The molecule has 1 heterocycles. The van der Waals surface area contributed by atoms with Gasteiger partial charge in [0.2, 0.25) is 0 Å². The summed E-state index contributed by atoms with van der Waals surface area (Å²) in [5.41, 5.74) is 6.18. The Kier molecular flexibility index (Phi) is 6.70. The van der Waals surface area contributed by atoms with Crippen molar-refractivity contribution in [2.75, 3.05) is 11.9 Å². The number of anilines is 1. The van der Waals surface area contributed by atoms with Gasteiger partial charge in [-0.1, -0.05) is 44.2 Å². The van der Waals surface area contributed by atoms with Gasteiger partial charge in [-0.05, 0) is 72.7 Å². The van der Waals surface area contributed by atoms with E-state index in [0.717, 1.165) is 17.9 Å². The average molecular weight is 375 g/mol. The van der Waals surface area contributed by atoms with Crippen LogP contribution in [0.3, 0.4) is 0 Å². The lowest BCUT2D eigenvalue weighted by Crippen LogP contribution is -2.23. The molecule has 1 N–H and O–H groups in total. The van der Waals surface area contributed by atoms with Crippen molar-refractivity contribution in [2.24, 2.45) is 5.92 Å². The standard InChI is InChI=1S/C25H30N2O/c1-18(2)13-21-7-5-6-8-25(21)22-14-19(3)15-24(16-22)28-17-20(4)27-23-9-11-26-12-10-23/h5-12,14-16,18,20H,13,17H2,1-4H3,(H,26,27)/t20-/m0/s1. The Hall–Kier alpha value is -2.81. The van der Waals surface area contributed by atoms with E-state index in [2.05, 4.69) is 80.5 Å². The summed E-state index contributed by atoms with van der Waals surface area (Å²) in [6.45, 7) is 9.37. The first kappa shape index (κ1) is 19.9. The third-order valence-corrected chi connectivity index (χ3v) is 4.60. The summed E-state index contributed by atoms with van der Waals surface area (Å²) >= 11 is 0. The molecule has 1 atom stereocenters. The van der Waals surface area contributed by atoms with Crippen molar-refractivity contribution in [3.05, 3.63) is 78.1 Å². The topological polar surface area (TPSA) is 34.1 Å². The van der Waals surface area contributed by atoms with Gasteiger partial charge in [-0.15, -0.1) is 0 Å². The van der Waals surface area contributed by atoms with Crippen molar-refractivity contribution in [1.29, 1.82) is 0 Å². The van der Waals surface area contributed by atoms with Crippen LogP contribution in [-0.2, 0) is 6.42 Å². The zero-order valence-electron chi connectivity index (χ0n) is 17.3. The van der Waals surface area contributed by atoms with Gasteiger partial charge in [-0.3, -0.25) is 4.98 Å². The van der Waals surface area contributed by atoms with E-state index in [4.69, 9.17) is 4.74 Å². The van der Waals surface area contributed by atoms with Crippen molar-refractivity contribution in [3.8, 4) is 16.9 Å². The number of pyridine rings is 1. The van der Waals surface area contributed by atoms with Gasteiger partial charge in [-0.25, -0.2) is 0 Å². The fraction of sp³-hybridized carbons (Fsp3) is 0.320. The van der Waals surface area contributed by atoms with E-state index in [1.54, 1.807) is 12.4 Å². The molecule has 0 spiro atoms. The minimum absolute atomic E-state index is 0.194. The third kappa shape index (κ3) is 5.59. The van der Waals surface area contributed by atoms with Crippen LogP contribution in [0.2, 0.25) is 0 Å². The van der Waals surface area contributed by atoms with E-state index < -0.39 is 0 Å². The molecule has 0 unspecified atom stereocenters. The predicted molar refractivity (Wildman–Crippen MR) is 118 cm³/mol. The maximum Gasteiger partial charge on any atom is 0.120 e. The molecule has 146 valence electrons. The van der Waals surface area contributed by atoms with Crippen LogP contribution in [0.4, 0.5) is 5.69 Å². The first-order valence-corrected chi connectivity index (χ1v) is 10.0. The van der Waals surface area contributed by atoms with Gasteiger partial charge in [0.1, 0.15) is 12.4 Å². The van der Waals surface area contributed by atoms with Crippen LogP contribution in [0, 0.1) is 12.8 Å². The van der Waals surface area contributed by atoms with E-state index in [9.17, 15) is 0 Å². The predicted octanol–water partition coefficient (Wildman–Crippen LogP) is 6.13. The van der Waals surface area contributed by atoms with Crippen molar-refractivity contribution in [2.45, 2.75) is 40.2 Å². The van der Waals surface area contributed by atoms with Gasteiger partial charge in [0.25, 0.3) is 0 Å². The zero-order chi connectivity index (χ0) is 19.9. The van der Waals surface area contributed by atoms with Crippen molar-refractivity contribution in [1.82, 2.24) is 4.98 Å². The second-order valence-corrected chi connectivity index (χ2v) is 7.88. The van der Waals surface area contributed by atoms with Gasteiger partial charge < -0.3 is 10.1 Å². The van der Waals surface area contributed by atoms with Gasteiger partial charge >= 0.3 is 0 Å². The highest BCUT2D eigenvalue weighted by Crippen LogP contribution is 2.30. The van der Waals surface area contributed by atoms with Crippen molar-refractivity contribution >= 4 is 5.69 Å². The number of nitrogens with zero attached hydrogens (tertiary/aromatic N) is 1. The molecular formula is C25H30N2O. The second kappa shape index (κ2) is 9.41. The van der Waals surface area contributed by atoms with E-state index in [1.807, 2.05) is 12.1 Å². The summed E-state index contributed by atoms with van der Waals surface area (Å²) in [7, 11) is 0. The average Bonchev–Trinajstić information content (AvgIpc) is 2.67. The Morgan fingerprint density at radius 2 is 1.71 bits per heavy atom. The van der Waals surface area contributed by atoms with Crippen LogP contribution < -0.4 is 10.1 Å². The number of hydrogen-bond donors (Lipinski definition) is 1. The maximum absolute atomic E-state index is 6.13. The molecular weight excluding hydrogens is 344 g/mol. The fourth-order valence-corrected chi connectivity index (χ4v) is 3.40. The van der Waals surface area contributed by atoms with Crippen LogP contribution in [0.25, 0.3) is 11.1 Å². The number of hydrogen-bond acceptors (Lipinski definition) is 3. The van der Waals surface area contributed by atoms with Crippen LogP contribution in [0.1, 0.15) is 31.9 Å². The molecule has 0 saturated heterocycles. The molecule has 0 bridgehead atoms. The number of aryl methyl sites for hydroxylation is 1. The minimum Gasteiger partial charge on any atom is -0.491 e. The molecule has 3 rings (SSSR count). The molecule has 0 radical (unpaired) electrons. The molecule has 0 aliphatic carbocycles. The molecule has 0 saturated carbocycles. The summed E-state index contributed by atoms with van der Waals surface area (Å²) in [5.74, 6) is 1.54. The summed E-state index contributed by atoms with van der Waals surface area (Å²) in [6.07, 6.45) is 4.65. The molecule has 0 fully saturated rings. The summed E-state index contributed by atoms with van der Waals surface area (Å²) in [5, 5.41) is 3.44. The fourth-order valence-electron chi connectivity index (χ4n) is 3.40. The molecule has 0 aliphatic heterocycles. The zero-order valence-corrected chi connectivity index (χ0v) is 17.3. The smallest absolute Gasteiger partial charge is 0.120 e. The van der Waals surface area contributed by atoms with Crippen LogP contribution in [-0.4, -0.2) is 17.6 Å². The summed E-state index contributed by atoms with van der Waals surface area (Å²) in [6, 6.07) is 19.3. The van der Waals surface area contributed by atoms with Crippen LogP contribution in [0.5, 0.6) is 5.75 Å². The number of benzene rings is 2. The highest BCUT2D eigenvalue weighted by Gasteiger charge is 2.10. The highest BCUT2D eigenvalue weighted by atomic mass is 16.5. The molecule has 1 aromatic heterocycles. The minimum atomic E-state index is 0.194. The van der Waals surface area contributed by atoms with Gasteiger partial charge in [-0.2, -0.15) is 0 Å². The number of nitrogens with one attached hydrogen (secondary N) is 1. The molecule has 2 aromatic carbocycles. The van der Waals surface area contributed by atoms with Crippen LogP contribution in [0.15, 0.2) is 67.0 Å². The largest absolute Gasteiger partial charge is 0.491 e. The van der Waals surface area contributed by atoms with E-state index in [0.29, 0.717) is 12.5 Å². The summed E-state index contributed by atoms with van der Waals surface area (Å²) in [4.78, 5) is 4.05. The van der Waals surface area contributed by atoms with Crippen molar-refractivity contribution in [3.63, 3.8) is 0 Å². The van der Waals surface area contributed by atoms with Crippen LogP contribution >= 0.6 is 0 Å². The van der Waals surface area contributed by atoms with Gasteiger partial charge in [0.05, 0.1) is 6.04 Å². The number of rotatable bonds is 8. The van der Waals surface area contributed by atoms with E-state index in [1.165, 1.54) is 22.3 Å². The Morgan fingerprint density at radius 3 is 2.46 bits per heavy atom. The van der Waals surface area contributed by atoms with Crippen molar-refractivity contribution < 1.29 is 4.74 Å². The third-order valence-electron chi connectivity index (χ3n) is 4.60. The lowest BCUT2D eigenvalue weighted by atomic mass is 9.93. The molecule has 3 heteroatoms. The highest BCUT2D eigenvalue weighted by molar-refractivity contribution is 5.69. The first-order chi connectivity index (χ1) is 13.5. The SMILES string of the molecule is Cc1cc(OC[C@H](C)Nc2ccncc2)cc(-c2ccccc2CC(C)C)c1. The molecule has 0 amide bonds. The number of aromatic nitrogens is 1. The first-order valence-electron chi connectivity index (χ1n) is 10.0. The Bertz CT molecular complexity index is 890. The summed E-state index contributed by atoms with van der Waals surface area (Å²) < 4.78 is 6.13. The Balaban J connectivity index is 1.73. The Morgan fingerprint density at radius 1 is 0.964 bits per heavy atom. The Labute approximate surface area is 168 Å². The molecule has 0 aliphatic rings. The second-order valence-electron chi connectivity index (χ2n) is 7.88. The monoisotopic (exact) mass is 374 g/mol. The quantitative estimate of drug-likeness (QED) is 0.514. The lowest BCUT2D eigenvalue weighted by molar-refractivity contribution is 0.304. The van der Waals surface area contributed by atoms with Gasteiger partial charge in [0.15, 0.2) is 0 Å². The normalized spacial score (nSPS) is 12.0. The molecule has 28 heavy (non-hydrogen) atoms. The number of ether oxygens (including phenoxy) is 1. The molecule has 3 aromatic rings. The van der Waals surface area contributed by atoms with E-state index in [-0.39, 0.29) is 6.04 Å². The lowest BCUT2D eigenvalue weighted by Gasteiger charge is -2.18. The molecule has 3 nitrogen and oxygen atoms in total. The maximum atomic E-state index is 6.13.